The molecule has 25 heavy (non-hydrogen) atoms. The van der Waals surface area contributed by atoms with E-state index in [2.05, 4.69) is 48.2 Å². The topological polar surface area (TPSA) is 58.1 Å². The van der Waals surface area contributed by atoms with Crippen molar-refractivity contribution in [3.8, 4) is 0 Å². The summed E-state index contributed by atoms with van der Waals surface area (Å²) < 4.78 is 0. The van der Waals surface area contributed by atoms with E-state index in [-0.39, 0.29) is 5.91 Å². The maximum Gasteiger partial charge on any atom is 0.272 e. The Morgan fingerprint density at radius 2 is 1.60 bits per heavy atom. The van der Waals surface area contributed by atoms with Gasteiger partial charge in [-0.2, -0.15) is 0 Å². The van der Waals surface area contributed by atoms with E-state index in [1.165, 1.54) is 12.0 Å². The summed E-state index contributed by atoms with van der Waals surface area (Å²) in [7, 11) is 0. The molecule has 5 heteroatoms. The Morgan fingerprint density at radius 3 is 2.24 bits per heavy atom. The lowest BCUT2D eigenvalue weighted by molar-refractivity contribution is 0.0718. The standard InChI is InChI=1S/C20H26N4O/c1-13-10-14(2)18(15(3)11-13)23-20-21-16(4)12-17(22-20)19(25)24-8-6-5-7-9-24/h10-12H,5-9H2,1-4H3,(H,21,22,23). The number of anilines is 2. The number of aryl methyl sites for hydroxylation is 4. The van der Waals surface area contributed by atoms with Gasteiger partial charge in [-0.05, 0) is 64.2 Å². The number of piperidine rings is 1. The van der Waals surface area contributed by atoms with Gasteiger partial charge in [-0.25, -0.2) is 9.97 Å². The molecule has 3 rings (SSSR count). The zero-order chi connectivity index (χ0) is 18.0. The maximum absolute atomic E-state index is 12.7. The average molecular weight is 338 g/mol. The Morgan fingerprint density at radius 1 is 0.960 bits per heavy atom. The average Bonchev–Trinajstić information content (AvgIpc) is 2.58. The number of carbonyl (C=O) groups is 1. The van der Waals surface area contributed by atoms with Crippen molar-refractivity contribution in [2.45, 2.75) is 47.0 Å². The summed E-state index contributed by atoms with van der Waals surface area (Å²) >= 11 is 0. The highest BCUT2D eigenvalue weighted by atomic mass is 16.2. The maximum atomic E-state index is 12.7. The third-order valence-corrected chi connectivity index (χ3v) is 4.63. The third-order valence-electron chi connectivity index (χ3n) is 4.63. The van der Waals surface area contributed by atoms with Crippen molar-refractivity contribution in [1.82, 2.24) is 14.9 Å². The normalized spacial score (nSPS) is 14.5. The minimum absolute atomic E-state index is 0.00519. The molecule has 0 unspecified atom stereocenters. The number of hydrogen-bond acceptors (Lipinski definition) is 4. The monoisotopic (exact) mass is 338 g/mol. The van der Waals surface area contributed by atoms with Gasteiger partial charge in [-0.15, -0.1) is 0 Å². The van der Waals surface area contributed by atoms with Gasteiger partial charge in [0, 0.05) is 24.5 Å². The predicted molar refractivity (Wildman–Crippen MR) is 100 cm³/mol. The van der Waals surface area contributed by atoms with Crippen LogP contribution in [-0.2, 0) is 0 Å². The van der Waals surface area contributed by atoms with E-state index in [9.17, 15) is 4.79 Å². The molecule has 132 valence electrons. The van der Waals surface area contributed by atoms with E-state index in [0.717, 1.165) is 48.4 Å². The highest BCUT2D eigenvalue weighted by molar-refractivity contribution is 5.92. The van der Waals surface area contributed by atoms with E-state index >= 15 is 0 Å². The molecular formula is C20H26N4O. The van der Waals surface area contributed by atoms with Crippen molar-refractivity contribution >= 4 is 17.5 Å². The highest BCUT2D eigenvalue weighted by Crippen LogP contribution is 2.25. The molecule has 2 heterocycles. The van der Waals surface area contributed by atoms with Crippen molar-refractivity contribution in [2.75, 3.05) is 18.4 Å². The molecule has 1 aliphatic heterocycles. The Balaban J connectivity index is 1.88. The molecule has 1 aromatic heterocycles. The lowest BCUT2D eigenvalue weighted by Crippen LogP contribution is -2.36. The second kappa shape index (κ2) is 7.21. The Kier molecular flexibility index (Phi) is 5.02. The number of nitrogens with zero attached hydrogens (tertiary/aromatic N) is 3. The van der Waals surface area contributed by atoms with Crippen LogP contribution >= 0.6 is 0 Å². The van der Waals surface area contributed by atoms with Gasteiger partial charge in [-0.3, -0.25) is 4.79 Å². The van der Waals surface area contributed by atoms with Crippen LogP contribution in [0.3, 0.4) is 0 Å². The van der Waals surface area contributed by atoms with Gasteiger partial charge in [0.25, 0.3) is 5.91 Å². The Bertz CT molecular complexity index is 771. The first-order valence-electron chi connectivity index (χ1n) is 8.94. The van der Waals surface area contributed by atoms with E-state index in [1.807, 2.05) is 11.8 Å². The van der Waals surface area contributed by atoms with Crippen LogP contribution in [0.2, 0.25) is 0 Å². The Labute approximate surface area is 149 Å². The minimum atomic E-state index is 0.00519. The fourth-order valence-electron chi connectivity index (χ4n) is 3.48. The zero-order valence-corrected chi connectivity index (χ0v) is 15.5. The predicted octanol–water partition coefficient (Wildman–Crippen LogP) is 4.08. The molecule has 0 spiro atoms. The van der Waals surface area contributed by atoms with Crippen LogP contribution in [0.1, 0.15) is 52.1 Å². The molecule has 2 aromatic rings. The molecular weight excluding hydrogens is 312 g/mol. The number of nitrogens with one attached hydrogen (secondary N) is 1. The minimum Gasteiger partial charge on any atom is -0.337 e. The summed E-state index contributed by atoms with van der Waals surface area (Å²) in [5, 5.41) is 3.31. The van der Waals surface area contributed by atoms with Crippen LogP contribution in [0.4, 0.5) is 11.6 Å². The summed E-state index contributed by atoms with van der Waals surface area (Å²) in [4.78, 5) is 23.6. The van der Waals surface area contributed by atoms with Crippen molar-refractivity contribution in [3.05, 3.63) is 46.3 Å². The quantitative estimate of drug-likeness (QED) is 0.916. The molecule has 0 bridgehead atoms. The van der Waals surface area contributed by atoms with E-state index < -0.39 is 0 Å². The Hall–Kier alpha value is -2.43. The first-order valence-corrected chi connectivity index (χ1v) is 8.94. The van der Waals surface area contributed by atoms with Gasteiger partial charge in [0.15, 0.2) is 0 Å². The van der Waals surface area contributed by atoms with Gasteiger partial charge >= 0.3 is 0 Å². The van der Waals surface area contributed by atoms with Gasteiger partial charge in [0.2, 0.25) is 5.95 Å². The van der Waals surface area contributed by atoms with Crippen molar-refractivity contribution in [1.29, 1.82) is 0 Å². The summed E-state index contributed by atoms with van der Waals surface area (Å²) in [6.45, 7) is 9.76. The number of carbonyl (C=O) groups excluding carboxylic acids is 1. The first kappa shape index (κ1) is 17.4. The molecule has 0 radical (unpaired) electrons. The molecule has 1 aromatic carbocycles. The van der Waals surface area contributed by atoms with Crippen molar-refractivity contribution < 1.29 is 4.79 Å². The number of rotatable bonds is 3. The number of aromatic nitrogens is 2. The fraction of sp³-hybridized carbons (Fsp3) is 0.450. The molecule has 1 amide bonds. The SMILES string of the molecule is Cc1cc(C)c(Nc2nc(C)cc(C(=O)N3CCCCC3)n2)c(C)c1. The summed E-state index contributed by atoms with van der Waals surface area (Å²) in [6, 6.07) is 6.03. The number of hydrogen-bond donors (Lipinski definition) is 1. The molecule has 1 fully saturated rings. The lowest BCUT2D eigenvalue weighted by Gasteiger charge is -2.26. The van der Waals surface area contributed by atoms with Gasteiger partial charge in [-0.1, -0.05) is 17.7 Å². The number of amides is 1. The summed E-state index contributed by atoms with van der Waals surface area (Å²) in [5.74, 6) is 0.487. The molecule has 0 aliphatic carbocycles. The molecule has 0 saturated carbocycles. The summed E-state index contributed by atoms with van der Waals surface area (Å²) in [5.41, 5.74) is 5.79. The van der Waals surface area contributed by atoms with E-state index in [1.54, 1.807) is 6.07 Å². The zero-order valence-electron chi connectivity index (χ0n) is 15.5. The summed E-state index contributed by atoms with van der Waals surface area (Å²) in [6.07, 6.45) is 3.34. The number of benzene rings is 1. The number of likely N-dealkylation sites (tertiary alicyclic amines) is 1. The highest BCUT2D eigenvalue weighted by Gasteiger charge is 2.20. The largest absolute Gasteiger partial charge is 0.337 e. The van der Waals surface area contributed by atoms with Crippen LogP contribution in [0.5, 0.6) is 0 Å². The van der Waals surface area contributed by atoms with Crippen LogP contribution in [0, 0.1) is 27.7 Å². The van der Waals surface area contributed by atoms with Crippen LogP contribution < -0.4 is 5.32 Å². The van der Waals surface area contributed by atoms with Gasteiger partial charge < -0.3 is 10.2 Å². The van der Waals surface area contributed by atoms with Gasteiger partial charge in [0.05, 0.1) is 0 Å². The van der Waals surface area contributed by atoms with Crippen LogP contribution in [0.15, 0.2) is 18.2 Å². The molecule has 0 atom stereocenters. The molecule has 1 N–H and O–H groups in total. The second-order valence-electron chi connectivity index (χ2n) is 6.97. The second-order valence-corrected chi connectivity index (χ2v) is 6.97. The van der Waals surface area contributed by atoms with Crippen LogP contribution in [-0.4, -0.2) is 33.9 Å². The van der Waals surface area contributed by atoms with Crippen LogP contribution in [0.25, 0.3) is 0 Å². The van der Waals surface area contributed by atoms with E-state index in [4.69, 9.17) is 0 Å². The smallest absolute Gasteiger partial charge is 0.272 e. The van der Waals surface area contributed by atoms with Crippen molar-refractivity contribution in [2.24, 2.45) is 0 Å². The molecule has 1 saturated heterocycles. The molecule has 1 aliphatic rings. The lowest BCUT2D eigenvalue weighted by atomic mass is 10.1. The third kappa shape index (κ3) is 3.98. The molecule has 5 nitrogen and oxygen atoms in total. The first-order chi connectivity index (χ1) is 11.9. The van der Waals surface area contributed by atoms with Gasteiger partial charge in [0.1, 0.15) is 5.69 Å². The van der Waals surface area contributed by atoms with E-state index in [0.29, 0.717) is 11.6 Å². The fourth-order valence-corrected chi connectivity index (χ4v) is 3.48. The van der Waals surface area contributed by atoms with Crippen molar-refractivity contribution in [3.63, 3.8) is 0 Å².